The van der Waals surface area contributed by atoms with Gasteiger partial charge in [-0.3, -0.25) is 0 Å². The predicted octanol–water partition coefficient (Wildman–Crippen LogP) is 3.32. The molecule has 0 amide bonds. The summed E-state index contributed by atoms with van der Waals surface area (Å²) in [5.74, 6) is 0. The number of aromatic nitrogens is 3. The summed E-state index contributed by atoms with van der Waals surface area (Å²) in [4.78, 5) is 8.73. The van der Waals surface area contributed by atoms with E-state index in [4.69, 9.17) is 0 Å². The molecular weight excluding hydrogens is 238 g/mol. The van der Waals surface area contributed by atoms with Crippen LogP contribution in [0.1, 0.15) is 52.0 Å². The maximum absolute atomic E-state index is 10.0. The van der Waals surface area contributed by atoms with Gasteiger partial charge in [0.25, 0.3) is 0 Å². The third kappa shape index (κ3) is 3.32. The third-order valence-corrected chi connectivity index (χ3v) is 3.60. The zero-order valence-electron chi connectivity index (χ0n) is 11.8. The summed E-state index contributed by atoms with van der Waals surface area (Å²) in [5.41, 5.74) is 1.76. The van der Waals surface area contributed by atoms with Crippen LogP contribution in [0, 0.1) is 0 Å². The lowest BCUT2D eigenvalue weighted by Gasteiger charge is -2.21. The molecule has 104 valence electrons. The van der Waals surface area contributed by atoms with E-state index in [0.717, 1.165) is 24.0 Å². The Morgan fingerprint density at radius 1 is 1.26 bits per heavy atom. The van der Waals surface area contributed by atoms with Gasteiger partial charge in [-0.05, 0) is 25.5 Å². The van der Waals surface area contributed by atoms with Gasteiger partial charge in [-0.15, -0.1) is 0 Å². The maximum atomic E-state index is 10.0. The van der Waals surface area contributed by atoms with Gasteiger partial charge in [-0.25, -0.2) is 9.97 Å². The van der Waals surface area contributed by atoms with Gasteiger partial charge in [0.15, 0.2) is 5.65 Å². The number of rotatable bonds is 7. The highest BCUT2D eigenvalue weighted by atomic mass is 16.3. The van der Waals surface area contributed by atoms with E-state index in [-0.39, 0.29) is 12.1 Å². The molecule has 0 aromatic carbocycles. The molecule has 0 saturated carbocycles. The lowest BCUT2D eigenvalue weighted by Crippen LogP contribution is -2.21. The molecule has 19 heavy (non-hydrogen) atoms. The van der Waals surface area contributed by atoms with Crippen molar-refractivity contribution in [3.8, 4) is 0 Å². The number of imidazole rings is 1. The second-order valence-corrected chi connectivity index (χ2v) is 5.16. The van der Waals surface area contributed by atoms with Gasteiger partial charge in [-0.1, -0.05) is 32.6 Å². The zero-order valence-corrected chi connectivity index (χ0v) is 11.8. The Morgan fingerprint density at radius 3 is 2.84 bits per heavy atom. The minimum Gasteiger partial charge on any atom is -0.391 e. The van der Waals surface area contributed by atoms with Crippen LogP contribution in [0.25, 0.3) is 11.2 Å². The van der Waals surface area contributed by atoms with Gasteiger partial charge in [0.1, 0.15) is 5.52 Å². The molecule has 0 aliphatic carbocycles. The van der Waals surface area contributed by atoms with Crippen molar-refractivity contribution in [1.29, 1.82) is 0 Å². The van der Waals surface area contributed by atoms with Crippen molar-refractivity contribution in [1.82, 2.24) is 14.5 Å². The van der Waals surface area contributed by atoms with Gasteiger partial charge in [0, 0.05) is 6.20 Å². The summed E-state index contributed by atoms with van der Waals surface area (Å²) >= 11 is 0. The van der Waals surface area contributed by atoms with Crippen LogP contribution in [0.2, 0.25) is 0 Å². The van der Waals surface area contributed by atoms with Gasteiger partial charge in [0.2, 0.25) is 0 Å². The molecule has 2 aromatic heterocycles. The summed E-state index contributed by atoms with van der Waals surface area (Å²) in [7, 11) is 0. The van der Waals surface area contributed by atoms with Crippen LogP contribution < -0.4 is 0 Å². The number of hydrogen-bond donors (Lipinski definition) is 1. The second-order valence-electron chi connectivity index (χ2n) is 5.16. The molecular formula is C15H23N3O. The number of aliphatic hydroxyl groups excluding tert-OH is 1. The second kappa shape index (κ2) is 6.66. The Kier molecular flexibility index (Phi) is 4.91. The first-order valence-electron chi connectivity index (χ1n) is 7.19. The largest absolute Gasteiger partial charge is 0.391 e. The fourth-order valence-electron chi connectivity index (χ4n) is 2.50. The third-order valence-electron chi connectivity index (χ3n) is 3.60. The Labute approximate surface area is 114 Å². The summed E-state index contributed by atoms with van der Waals surface area (Å²) in [6.45, 7) is 4.05. The van der Waals surface area contributed by atoms with E-state index in [0.29, 0.717) is 0 Å². The van der Waals surface area contributed by atoms with Crippen molar-refractivity contribution in [3.63, 3.8) is 0 Å². The number of fused-ring (bicyclic) bond motifs is 1. The highest BCUT2D eigenvalue weighted by molar-refractivity contribution is 5.70. The summed E-state index contributed by atoms with van der Waals surface area (Å²) in [6, 6.07) is 3.91. The van der Waals surface area contributed by atoms with Crippen LogP contribution in [0.3, 0.4) is 0 Å². The summed E-state index contributed by atoms with van der Waals surface area (Å²) in [5, 5.41) is 10.0. The standard InChI is InChI=1S/C15H23N3O/c1-3-4-5-6-9-14(12(2)19)18-11-17-13-8-7-10-16-15(13)18/h7-8,10-12,14,19H,3-6,9H2,1-2H3/t12-,14+/m1/s1. The van der Waals surface area contributed by atoms with Crippen LogP contribution in [0.15, 0.2) is 24.7 Å². The molecule has 2 rings (SSSR count). The molecule has 0 fully saturated rings. The first-order valence-corrected chi connectivity index (χ1v) is 7.19. The number of aliphatic hydroxyl groups is 1. The highest BCUT2D eigenvalue weighted by Gasteiger charge is 2.19. The molecule has 0 aliphatic rings. The van der Waals surface area contributed by atoms with Gasteiger partial charge in [-0.2, -0.15) is 0 Å². The van der Waals surface area contributed by atoms with Gasteiger partial charge in [0.05, 0.1) is 18.5 Å². The van der Waals surface area contributed by atoms with E-state index in [1.54, 1.807) is 12.5 Å². The number of nitrogens with zero attached hydrogens (tertiary/aromatic N) is 3. The SMILES string of the molecule is CCCCCC[C@@H]([C@@H](C)O)n1cnc2cccnc21. The number of hydrogen-bond acceptors (Lipinski definition) is 3. The van der Waals surface area contributed by atoms with Crippen LogP contribution in [0.5, 0.6) is 0 Å². The first kappa shape index (κ1) is 14.0. The summed E-state index contributed by atoms with van der Waals surface area (Å²) in [6.07, 6.45) is 9.01. The first-order chi connectivity index (χ1) is 9.24. The Balaban J connectivity index is 2.14. The van der Waals surface area contributed by atoms with Gasteiger partial charge >= 0.3 is 0 Å². The molecule has 2 atom stereocenters. The molecule has 1 N–H and O–H groups in total. The smallest absolute Gasteiger partial charge is 0.160 e. The monoisotopic (exact) mass is 261 g/mol. The Bertz CT molecular complexity index is 507. The zero-order chi connectivity index (χ0) is 13.7. The quantitative estimate of drug-likeness (QED) is 0.778. The van der Waals surface area contributed by atoms with Crippen molar-refractivity contribution in [2.45, 2.75) is 58.1 Å². The molecule has 0 aliphatic heterocycles. The number of pyridine rings is 1. The van der Waals surface area contributed by atoms with E-state index in [9.17, 15) is 5.11 Å². The van der Waals surface area contributed by atoms with Crippen molar-refractivity contribution in [3.05, 3.63) is 24.7 Å². The van der Waals surface area contributed by atoms with E-state index in [1.165, 1.54) is 19.3 Å². The maximum Gasteiger partial charge on any atom is 0.160 e. The van der Waals surface area contributed by atoms with Crippen molar-refractivity contribution < 1.29 is 5.11 Å². The highest BCUT2D eigenvalue weighted by Crippen LogP contribution is 2.24. The van der Waals surface area contributed by atoms with Crippen molar-refractivity contribution in [2.24, 2.45) is 0 Å². The van der Waals surface area contributed by atoms with Crippen molar-refractivity contribution >= 4 is 11.2 Å². The molecule has 2 aromatic rings. The Morgan fingerprint density at radius 2 is 2.11 bits per heavy atom. The molecule has 0 bridgehead atoms. The molecule has 0 saturated heterocycles. The topological polar surface area (TPSA) is 50.9 Å². The minimum atomic E-state index is -0.388. The predicted molar refractivity (Wildman–Crippen MR) is 77.0 cm³/mol. The van der Waals surface area contributed by atoms with Crippen LogP contribution in [-0.2, 0) is 0 Å². The van der Waals surface area contributed by atoms with Crippen LogP contribution in [0.4, 0.5) is 0 Å². The summed E-state index contributed by atoms with van der Waals surface area (Å²) < 4.78 is 2.02. The lowest BCUT2D eigenvalue weighted by molar-refractivity contribution is 0.124. The van der Waals surface area contributed by atoms with Crippen molar-refractivity contribution in [2.75, 3.05) is 0 Å². The molecule has 2 heterocycles. The van der Waals surface area contributed by atoms with E-state index in [1.807, 2.05) is 23.6 Å². The lowest BCUT2D eigenvalue weighted by atomic mass is 10.0. The van der Waals surface area contributed by atoms with Crippen LogP contribution in [-0.4, -0.2) is 25.7 Å². The Hall–Kier alpha value is -1.42. The fourth-order valence-corrected chi connectivity index (χ4v) is 2.50. The van der Waals surface area contributed by atoms with E-state index < -0.39 is 0 Å². The van der Waals surface area contributed by atoms with Gasteiger partial charge < -0.3 is 9.67 Å². The van der Waals surface area contributed by atoms with Crippen LogP contribution >= 0.6 is 0 Å². The molecule has 0 unspecified atom stereocenters. The fraction of sp³-hybridized carbons (Fsp3) is 0.600. The normalized spacial score (nSPS) is 14.7. The molecule has 4 nitrogen and oxygen atoms in total. The number of unbranched alkanes of at least 4 members (excludes halogenated alkanes) is 3. The van der Waals surface area contributed by atoms with E-state index >= 15 is 0 Å². The van der Waals surface area contributed by atoms with E-state index in [2.05, 4.69) is 16.9 Å². The average Bonchev–Trinajstić information content (AvgIpc) is 2.82. The average molecular weight is 261 g/mol. The minimum absolute atomic E-state index is 0.0664. The molecule has 0 radical (unpaired) electrons. The molecule has 4 heteroatoms. The molecule has 0 spiro atoms.